The second-order valence-corrected chi connectivity index (χ2v) is 4.95. The Morgan fingerprint density at radius 1 is 1.45 bits per heavy atom. The van der Waals surface area contributed by atoms with E-state index in [1.54, 1.807) is 24.5 Å². The number of amides is 1. The van der Waals surface area contributed by atoms with Gasteiger partial charge < -0.3 is 15.0 Å². The minimum atomic E-state index is -0.142. The molecule has 0 saturated heterocycles. The summed E-state index contributed by atoms with van der Waals surface area (Å²) in [5, 5.41) is 2.81. The molecule has 0 aliphatic rings. The third kappa shape index (κ3) is 4.12. The van der Waals surface area contributed by atoms with E-state index < -0.39 is 0 Å². The summed E-state index contributed by atoms with van der Waals surface area (Å²) in [6, 6.07) is 7.18. The lowest BCUT2D eigenvalue weighted by molar-refractivity contribution is 0.0949. The monoisotopic (exact) mass is 273 g/mol. The maximum absolute atomic E-state index is 12.0. The Balaban J connectivity index is 1.93. The van der Waals surface area contributed by atoms with Crippen LogP contribution in [0.2, 0.25) is 0 Å². The van der Waals surface area contributed by atoms with Crippen molar-refractivity contribution >= 4 is 5.91 Å². The molecule has 5 heteroatoms. The zero-order valence-corrected chi connectivity index (χ0v) is 11.7. The summed E-state index contributed by atoms with van der Waals surface area (Å²) in [6.07, 6.45) is 3.38. The van der Waals surface area contributed by atoms with E-state index >= 15 is 0 Å². The van der Waals surface area contributed by atoms with Crippen molar-refractivity contribution < 1.29 is 9.53 Å². The predicted octanol–water partition coefficient (Wildman–Crippen LogP) is 2.37. The first-order valence-electron chi connectivity index (χ1n) is 6.64. The van der Waals surface area contributed by atoms with Gasteiger partial charge in [-0.15, -0.1) is 0 Å². The SMILES string of the molecule is CC(C)COc1cccc(C(=O)NCc2ncc[nH]2)c1. The number of aromatic nitrogens is 2. The van der Waals surface area contributed by atoms with Gasteiger partial charge in [-0.1, -0.05) is 19.9 Å². The van der Waals surface area contributed by atoms with Crippen molar-refractivity contribution in [1.29, 1.82) is 0 Å². The summed E-state index contributed by atoms with van der Waals surface area (Å²) in [5.74, 6) is 1.75. The highest BCUT2D eigenvalue weighted by Gasteiger charge is 2.07. The lowest BCUT2D eigenvalue weighted by Crippen LogP contribution is -2.23. The van der Waals surface area contributed by atoms with Crippen molar-refractivity contribution in [2.24, 2.45) is 5.92 Å². The molecule has 0 aliphatic heterocycles. The van der Waals surface area contributed by atoms with Gasteiger partial charge >= 0.3 is 0 Å². The smallest absolute Gasteiger partial charge is 0.251 e. The van der Waals surface area contributed by atoms with Crippen molar-refractivity contribution in [2.75, 3.05) is 6.61 Å². The van der Waals surface area contributed by atoms with Gasteiger partial charge in [-0.2, -0.15) is 0 Å². The van der Waals surface area contributed by atoms with Crippen molar-refractivity contribution in [3.8, 4) is 5.75 Å². The van der Waals surface area contributed by atoms with E-state index in [0.717, 1.165) is 5.82 Å². The normalized spacial score (nSPS) is 10.6. The van der Waals surface area contributed by atoms with Crippen LogP contribution in [-0.4, -0.2) is 22.5 Å². The van der Waals surface area contributed by atoms with Crippen molar-refractivity contribution in [1.82, 2.24) is 15.3 Å². The van der Waals surface area contributed by atoms with Gasteiger partial charge in [0.1, 0.15) is 11.6 Å². The number of benzene rings is 1. The van der Waals surface area contributed by atoms with Crippen LogP contribution in [0.5, 0.6) is 5.75 Å². The molecule has 2 rings (SSSR count). The Morgan fingerprint density at radius 3 is 3.00 bits per heavy atom. The van der Waals surface area contributed by atoms with Crippen LogP contribution >= 0.6 is 0 Å². The lowest BCUT2D eigenvalue weighted by atomic mass is 10.2. The Labute approximate surface area is 118 Å². The Kier molecular flexibility index (Phi) is 4.76. The van der Waals surface area contributed by atoms with Gasteiger partial charge in [0.25, 0.3) is 5.91 Å². The molecule has 0 bridgehead atoms. The Hall–Kier alpha value is -2.30. The number of aromatic amines is 1. The van der Waals surface area contributed by atoms with Gasteiger partial charge in [-0.3, -0.25) is 4.79 Å². The third-order valence-corrected chi connectivity index (χ3v) is 2.65. The molecule has 5 nitrogen and oxygen atoms in total. The molecule has 2 aromatic rings. The molecule has 0 atom stereocenters. The van der Waals surface area contributed by atoms with Crippen LogP contribution in [0.1, 0.15) is 30.0 Å². The first-order valence-corrected chi connectivity index (χ1v) is 6.64. The van der Waals surface area contributed by atoms with Crippen LogP contribution in [0, 0.1) is 5.92 Å². The van der Waals surface area contributed by atoms with Gasteiger partial charge in [0.2, 0.25) is 0 Å². The number of nitrogens with zero attached hydrogens (tertiary/aromatic N) is 1. The fourth-order valence-corrected chi connectivity index (χ4v) is 1.65. The van der Waals surface area contributed by atoms with Crippen LogP contribution in [0.3, 0.4) is 0 Å². The minimum Gasteiger partial charge on any atom is -0.493 e. The van der Waals surface area contributed by atoms with Crippen LogP contribution in [0.15, 0.2) is 36.7 Å². The Bertz CT molecular complexity index is 550. The van der Waals surface area contributed by atoms with Gasteiger partial charge in [0.15, 0.2) is 0 Å². The Morgan fingerprint density at radius 2 is 2.30 bits per heavy atom. The standard InChI is InChI=1S/C15H19N3O2/c1-11(2)10-20-13-5-3-4-12(8-13)15(19)18-9-14-16-6-7-17-14/h3-8,11H,9-10H2,1-2H3,(H,16,17)(H,18,19). The summed E-state index contributed by atoms with van der Waals surface area (Å²) in [6.45, 7) is 5.18. The van der Waals surface area contributed by atoms with Crippen LogP contribution in [0.25, 0.3) is 0 Å². The summed E-state index contributed by atoms with van der Waals surface area (Å²) in [4.78, 5) is 19.0. The number of ether oxygens (including phenoxy) is 1. The first-order chi connectivity index (χ1) is 9.65. The van der Waals surface area contributed by atoms with Gasteiger partial charge in [-0.25, -0.2) is 4.98 Å². The number of imidazole rings is 1. The molecule has 2 N–H and O–H groups in total. The minimum absolute atomic E-state index is 0.142. The molecule has 0 saturated carbocycles. The van der Waals surface area contributed by atoms with Crippen LogP contribution < -0.4 is 10.1 Å². The summed E-state index contributed by atoms with van der Waals surface area (Å²) in [7, 11) is 0. The molecule has 1 heterocycles. The highest BCUT2D eigenvalue weighted by Crippen LogP contribution is 2.14. The number of carbonyl (C=O) groups is 1. The highest BCUT2D eigenvalue weighted by molar-refractivity contribution is 5.94. The zero-order valence-electron chi connectivity index (χ0n) is 11.7. The zero-order chi connectivity index (χ0) is 14.4. The fraction of sp³-hybridized carbons (Fsp3) is 0.333. The molecular formula is C15H19N3O2. The second kappa shape index (κ2) is 6.75. The summed E-state index contributed by atoms with van der Waals surface area (Å²) >= 11 is 0. The van der Waals surface area contributed by atoms with E-state index in [9.17, 15) is 4.79 Å². The van der Waals surface area contributed by atoms with E-state index in [0.29, 0.717) is 30.4 Å². The number of rotatable bonds is 6. The second-order valence-electron chi connectivity index (χ2n) is 4.95. The number of hydrogen-bond acceptors (Lipinski definition) is 3. The maximum atomic E-state index is 12.0. The molecule has 0 spiro atoms. The first kappa shape index (κ1) is 14.1. The highest BCUT2D eigenvalue weighted by atomic mass is 16.5. The third-order valence-electron chi connectivity index (χ3n) is 2.65. The van der Waals surface area contributed by atoms with Crippen molar-refractivity contribution in [3.05, 3.63) is 48.0 Å². The van der Waals surface area contributed by atoms with E-state index in [-0.39, 0.29) is 5.91 Å². The summed E-state index contributed by atoms with van der Waals surface area (Å²) in [5.41, 5.74) is 0.581. The van der Waals surface area contributed by atoms with Crippen molar-refractivity contribution in [2.45, 2.75) is 20.4 Å². The molecule has 106 valence electrons. The molecule has 20 heavy (non-hydrogen) atoms. The molecule has 1 aromatic carbocycles. The van der Waals surface area contributed by atoms with Crippen molar-refractivity contribution in [3.63, 3.8) is 0 Å². The number of H-pyrrole nitrogens is 1. The summed E-state index contributed by atoms with van der Waals surface area (Å²) < 4.78 is 5.61. The molecule has 1 aromatic heterocycles. The molecule has 1 amide bonds. The molecule has 0 radical (unpaired) electrons. The van der Waals surface area contributed by atoms with Gasteiger partial charge in [0, 0.05) is 18.0 Å². The molecular weight excluding hydrogens is 254 g/mol. The molecule has 0 unspecified atom stereocenters. The topological polar surface area (TPSA) is 67.0 Å². The van der Waals surface area contributed by atoms with Crippen LogP contribution in [0.4, 0.5) is 0 Å². The van der Waals surface area contributed by atoms with E-state index in [2.05, 4.69) is 29.1 Å². The predicted molar refractivity (Wildman–Crippen MR) is 76.5 cm³/mol. The largest absolute Gasteiger partial charge is 0.493 e. The quantitative estimate of drug-likeness (QED) is 0.849. The number of carbonyl (C=O) groups excluding carboxylic acids is 1. The average Bonchev–Trinajstić information content (AvgIpc) is 2.96. The maximum Gasteiger partial charge on any atom is 0.251 e. The lowest BCUT2D eigenvalue weighted by Gasteiger charge is -2.10. The van der Waals surface area contributed by atoms with Crippen LogP contribution in [-0.2, 0) is 6.54 Å². The number of hydrogen-bond donors (Lipinski definition) is 2. The van der Waals surface area contributed by atoms with Gasteiger partial charge in [-0.05, 0) is 24.1 Å². The van der Waals surface area contributed by atoms with E-state index in [4.69, 9.17) is 4.74 Å². The van der Waals surface area contributed by atoms with E-state index in [1.807, 2.05) is 12.1 Å². The molecule has 0 aliphatic carbocycles. The van der Waals surface area contributed by atoms with E-state index in [1.165, 1.54) is 0 Å². The van der Waals surface area contributed by atoms with Gasteiger partial charge in [0.05, 0.1) is 13.2 Å². The number of nitrogens with one attached hydrogen (secondary N) is 2. The average molecular weight is 273 g/mol. The fourth-order valence-electron chi connectivity index (χ4n) is 1.65. The molecule has 0 fully saturated rings.